The number of carbonyl (C=O) groups is 1. The first-order valence-corrected chi connectivity index (χ1v) is 19.9. The summed E-state index contributed by atoms with van der Waals surface area (Å²) in [6.45, 7) is 6.52. The molecule has 0 amide bonds. The fraction of sp³-hybridized carbons (Fsp3) is 0.921. The van der Waals surface area contributed by atoms with Crippen LogP contribution in [0, 0.1) is 28.1 Å². The second kappa shape index (κ2) is 15.6. The van der Waals surface area contributed by atoms with Crippen molar-refractivity contribution in [3.63, 3.8) is 0 Å². The zero-order chi connectivity index (χ0) is 40.7. The van der Waals surface area contributed by atoms with Gasteiger partial charge in [0.1, 0.15) is 73.2 Å². The van der Waals surface area contributed by atoms with Crippen LogP contribution in [0.15, 0.2) is 12.2 Å². The second-order valence-electron chi connectivity index (χ2n) is 18.0. The molecule has 0 aromatic carbocycles. The highest BCUT2D eigenvalue weighted by molar-refractivity contribution is 5.77. The lowest BCUT2D eigenvalue weighted by Gasteiger charge is -2.64. The fourth-order valence-electron chi connectivity index (χ4n) is 12.0. The van der Waals surface area contributed by atoms with Gasteiger partial charge in [-0.15, -0.1) is 0 Å². The Morgan fingerprint density at radius 1 is 0.679 bits per heavy atom. The maximum atomic E-state index is 14.1. The van der Waals surface area contributed by atoms with Gasteiger partial charge >= 0.3 is 5.97 Å². The molecule has 7 rings (SSSR count). The highest BCUT2D eigenvalue weighted by Crippen LogP contribution is 2.73. The van der Waals surface area contributed by atoms with E-state index in [0.717, 1.165) is 18.4 Å². The number of fused-ring (bicyclic) bond motifs is 3. The van der Waals surface area contributed by atoms with E-state index >= 15 is 0 Å². The van der Waals surface area contributed by atoms with Gasteiger partial charge in [0.2, 0.25) is 6.29 Å². The fourth-order valence-corrected chi connectivity index (χ4v) is 12.0. The molecule has 4 unspecified atom stereocenters. The van der Waals surface area contributed by atoms with Crippen LogP contribution in [0.4, 0.5) is 0 Å². The molecule has 18 nitrogen and oxygen atoms in total. The second-order valence-corrected chi connectivity index (χ2v) is 18.0. The summed E-state index contributed by atoms with van der Waals surface area (Å²) >= 11 is 0. The van der Waals surface area contributed by atoms with Crippen molar-refractivity contribution in [2.45, 2.75) is 169 Å². The van der Waals surface area contributed by atoms with Crippen LogP contribution >= 0.6 is 0 Å². The summed E-state index contributed by atoms with van der Waals surface area (Å²) in [6.07, 6.45) is -17.8. The van der Waals surface area contributed by atoms with E-state index in [1.807, 2.05) is 6.92 Å². The first-order chi connectivity index (χ1) is 26.4. The molecule has 3 saturated heterocycles. The molecule has 4 saturated carbocycles. The van der Waals surface area contributed by atoms with Crippen LogP contribution in [0.25, 0.3) is 0 Å². The Kier molecular flexibility index (Phi) is 11.9. The van der Waals surface area contributed by atoms with Crippen LogP contribution in [0.3, 0.4) is 0 Å². The smallest absolute Gasteiger partial charge is 0.314 e. The van der Waals surface area contributed by atoms with Gasteiger partial charge in [-0.05, 0) is 86.5 Å². The molecular formula is C38H60O18. The van der Waals surface area contributed by atoms with Crippen LogP contribution in [0.5, 0.6) is 0 Å². The van der Waals surface area contributed by atoms with Crippen LogP contribution in [0.1, 0.15) is 71.6 Å². The molecule has 2 bridgehead atoms. The minimum atomic E-state index is -1.81. The van der Waals surface area contributed by atoms with Crippen LogP contribution in [0.2, 0.25) is 0 Å². The predicted molar refractivity (Wildman–Crippen MR) is 186 cm³/mol. The van der Waals surface area contributed by atoms with Gasteiger partial charge < -0.3 is 84.6 Å². The Morgan fingerprint density at radius 3 is 1.82 bits per heavy atom. The van der Waals surface area contributed by atoms with E-state index in [0.29, 0.717) is 44.9 Å². The van der Waals surface area contributed by atoms with E-state index in [1.54, 1.807) is 0 Å². The Hall–Kier alpha value is -1.43. The van der Waals surface area contributed by atoms with Crippen molar-refractivity contribution in [3.8, 4) is 0 Å². The number of hydrogen-bond acceptors (Lipinski definition) is 18. The molecule has 56 heavy (non-hydrogen) atoms. The lowest BCUT2D eigenvalue weighted by Crippen LogP contribution is -2.65. The van der Waals surface area contributed by atoms with E-state index < -0.39 is 129 Å². The van der Waals surface area contributed by atoms with Gasteiger partial charge in [-0.25, -0.2) is 0 Å². The average Bonchev–Trinajstić information content (AvgIpc) is 3.37. The molecule has 320 valence electrons. The third-order valence-corrected chi connectivity index (χ3v) is 15.0. The van der Waals surface area contributed by atoms with Crippen LogP contribution in [-0.4, -0.2) is 180 Å². The van der Waals surface area contributed by atoms with E-state index in [9.17, 15) is 61.0 Å². The van der Waals surface area contributed by atoms with Crippen molar-refractivity contribution in [3.05, 3.63) is 12.2 Å². The SMILES string of the molecule is C=C1C[C@@]23CCC4[C@](C)(C(=O)OC5O[C@H](CO)[C@@H](O)[C@H](O)[C@H]5O)CCC[C@@]4(C)[C@@H]2CC[C@]1(OC1O[C@H](CO)[C@@H](O)[C@H](O)[C@H]1OC1O[C@@H](CO)[C@H](O)[C@@H](O)[C@@H]1O)C3. The molecule has 11 N–H and O–H groups in total. The molecule has 0 aromatic rings. The minimum absolute atomic E-state index is 0.121. The number of ether oxygens (including phenoxy) is 6. The van der Waals surface area contributed by atoms with Gasteiger partial charge in [0, 0.05) is 0 Å². The van der Waals surface area contributed by atoms with Crippen LogP contribution in [-0.2, 0) is 33.2 Å². The summed E-state index contributed by atoms with van der Waals surface area (Å²) in [5, 5.41) is 114. The third-order valence-electron chi connectivity index (χ3n) is 15.0. The maximum Gasteiger partial charge on any atom is 0.314 e. The predicted octanol–water partition coefficient (Wildman–Crippen LogP) is -2.94. The van der Waals surface area contributed by atoms with Gasteiger partial charge in [-0.3, -0.25) is 4.79 Å². The van der Waals surface area contributed by atoms with Crippen molar-refractivity contribution in [1.82, 2.24) is 0 Å². The lowest BCUT2D eigenvalue weighted by molar-refractivity contribution is -0.378. The summed E-state index contributed by atoms with van der Waals surface area (Å²) in [4.78, 5) is 14.1. The molecule has 3 aliphatic heterocycles. The molecule has 21 atom stereocenters. The minimum Gasteiger partial charge on any atom is -0.432 e. The Bertz CT molecular complexity index is 1450. The molecule has 4 aliphatic carbocycles. The molecule has 7 fully saturated rings. The normalized spacial score (nSPS) is 54.6. The van der Waals surface area contributed by atoms with Gasteiger partial charge in [0.05, 0.1) is 30.8 Å². The summed E-state index contributed by atoms with van der Waals surface area (Å²) < 4.78 is 35.6. The zero-order valence-corrected chi connectivity index (χ0v) is 31.8. The average molecular weight is 805 g/mol. The standard InChI is InChI=1S/C38H60O18/c1-16-11-37-9-5-20-35(2,7-4-8-36(20,3)34(50)55-32-29(49)26(46)23(43)18(13-40)52-32)21(37)6-10-38(16,15-37)56-33-30(27(47)24(44)19(14-41)53-33)54-31-28(48)25(45)22(42)17(12-39)51-31/h17-33,39-49H,1,4-15H2,2-3H3/t17-,18+,19+,20?,21-,22-,23+,24+,25+,26-,27-,28-,29+,30+,31?,32?,33?,35+,36+,37+,38-/m0/s1. The lowest BCUT2D eigenvalue weighted by atomic mass is 9.41. The molecule has 18 heteroatoms. The molecule has 0 radical (unpaired) electrons. The summed E-state index contributed by atoms with van der Waals surface area (Å²) in [7, 11) is 0. The molecule has 0 aromatic heterocycles. The Labute approximate surface area is 324 Å². The van der Waals surface area contributed by atoms with Crippen molar-refractivity contribution in [2.75, 3.05) is 19.8 Å². The number of esters is 1. The first-order valence-electron chi connectivity index (χ1n) is 19.9. The number of rotatable bonds is 9. The first kappa shape index (κ1) is 42.7. The van der Waals surface area contributed by atoms with Gasteiger partial charge in [-0.1, -0.05) is 19.9 Å². The Balaban J connectivity index is 1.10. The van der Waals surface area contributed by atoms with Crippen molar-refractivity contribution in [2.24, 2.45) is 28.1 Å². The van der Waals surface area contributed by atoms with E-state index in [4.69, 9.17) is 28.4 Å². The number of hydrogen-bond donors (Lipinski definition) is 11. The maximum absolute atomic E-state index is 14.1. The Morgan fingerprint density at radius 2 is 1.21 bits per heavy atom. The topological polar surface area (TPSA) is 295 Å². The highest BCUT2D eigenvalue weighted by Gasteiger charge is 2.69. The summed E-state index contributed by atoms with van der Waals surface area (Å²) in [5.74, 6) is -0.591. The number of aliphatic hydroxyl groups excluding tert-OH is 11. The van der Waals surface area contributed by atoms with Gasteiger partial charge in [0.25, 0.3) is 0 Å². The van der Waals surface area contributed by atoms with Gasteiger partial charge in [0.15, 0.2) is 12.6 Å². The third kappa shape index (κ3) is 6.69. The van der Waals surface area contributed by atoms with Gasteiger partial charge in [-0.2, -0.15) is 0 Å². The van der Waals surface area contributed by atoms with Crippen molar-refractivity contribution < 1.29 is 89.4 Å². The van der Waals surface area contributed by atoms with E-state index in [1.165, 1.54) is 0 Å². The zero-order valence-electron chi connectivity index (χ0n) is 31.8. The monoisotopic (exact) mass is 804 g/mol. The summed E-state index contributed by atoms with van der Waals surface area (Å²) in [6, 6.07) is 0. The van der Waals surface area contributed by atoms with Crippen molar-refractivity contribution in [1.29, 1.82) is 0 Å². The largest absolute Gasteiger partial charge is 0.432 e. The van der Waals surface area contributed by atoms with E-state index in [-0.39, 0.29) is 22.7 Å². The highest BCUT2D eigenvalue weighted by atomic mass is 16.8. The molecule has 3 heterocycles. The number of carbonyl (C=O) groups excluding carboxylic acids is 1. The molecule has 1 spiro atoms. The van der Waals surface area contributed by atoms with Crippen molar-refractivity contribution >= 4 is 5.97 Å². The van der Waals surface area contributed by atoms with E-state index in [2.05, 4.69) is 13.5 Å². The summed E-state index contributed by atoms with van der Waals surface area (Å²) in [5.41, 5.74) is -1.80. The number of aliphatic hydroxyl groups is 11. The quantitative estimate of drug-likeness (QED) is 0.0631. The molecule has 7 aliphatic rings. The van der Waals surface area contributed by atoms with Crippen LogP contribution < -0.4 is 0 Å². The molecular weight excluding hydrogens is 744 g/mol.